The molecule has 0 spiro atoms. The molecule has 1 N–H and O–H groups in total. The van der Waals surface area contributed by atoms with Crippen LogP contribution in [0.15, 0.2) is 41.1 Å². The summed E-state index contributed by atoms with van der Waals surface area (Å²) in [6, 6.07) is 7.29. The third-order valence-electron chi connectivity index (χ3n) is 3.46. The molecule has 2 aromatic heterocycles. The van der Waals surface area contributed by atoms with Gasteiger partial charge in [-0.3, -0.25) is 4.98 Å². The summed E-state index contributed by atoms with van der Waals surface area (Å²) in [5, 5.41) is 0. The van der Waals surface area contributed by atoms with Gasteiger partial charge in [-0.05, 0) is 36.6 Å². The standard InChI is InChI=1S/C14H17N3O3S/c18-21(19,17-7-1-2-8-17)16-11-12-5-6-13(15-10-12)14-4-3-9-20-14/h3-6,9-10,16H,1-2,7-8,11H2. The lowest BCUT2D eigenvalue weighted by Gasteiger charge is -2.15. The van der Waals surface area contributed by atoms with Gasteiger partial charge in [0.05, 0.1) is 6.26 Å². The number of furan rings is 1. The van der Waals surface area contributed by atoms with Crippen LogP contribution in [0.3, 0.4) is 0 Å². The minimum atomic E-state index is -3.37. The van der Waals surface area contributed by atoms with Crippen LogP contribution in [0.1, 0.15) is 18.4 Å². The highest BCUT2D eigenvalue weighted by Crippen LogP contribution is 2.17. The molecule has 0 radical (unpaired) electrons. The smallest absolute Gasteiger partial charge is 0.279 e. The van der Waals surface area contributed by atoms with Crippen LogP contribution in [0.5, 0.6) is 0 Å². The predicted octanol–water partition coefficient (Wildman–Crippen LogP) is 1.77. The molecule has 0 amide bonds. The van der Waals surface area contributed by atoms with Gasteiger partial charge in [0.2, 0.25) is 0 Å². The Morgan fingerprint density at radius 1 is 1.24 bits per heavy atom. The van der Waals surface area contributed by atoms with Crippen molar-refractivity contribution in [1.29, 1.82) is 0 Å². The van der Waals surface area contributed by atoms with E-state index in [2.05, 4.69) is 9.71 Å². The molecule has 3 heterocycles. The minimum Gasteiger partial charge on any atom is -0.463 e. The van der Waals surface area contributed by atoms with Gasteiger partial charge in [0.1, 0.15) is 5.69 Å². The molecule has 0 saturated carbocycles. The lowest BCUT2D eigenvalue weighted by atomic mass is 10.2. The number of pyridine rings is 1. The summed E-state index contributed by atoms with van der Waals surface area (Å²) in [7, 11) is -3.37. The Hall–Kier alpha value is -1.70. The summed E-state index contributed by atoms with van der Waals surface area (Å²) >= 11 is 0. The maximum Gasteiger partial charge on any atom is 0.279 e. The Bertz CT molecular complexity index is 675. The molecule has 3 rings (SSSR count). The van der Waals surface area contributed by atoms with Crippen LogP contribution in [-0.4, -0.2) is 30.8 Å². The van der Waals surface area contributed by atoms with Crippen molar-refractivity contribution in [2.45, 2.75) is 19.4 Å². The largest absolute Gasteiger partial charge is 0.463 e. The molecular weight excluding hydrogens is 290 g/mol. The Morgan fingerprint density at radius 3 is 2.67 bits per heavy atom. The number of aromatic nitrogens is 1. The van der Waals surface area contributed by atoms with E-state index < -0.39 is 10.2 Å². The van der Waals surface area contributed by atoms with Crippen molar-refractivity contribution in [3.63, 3.8) is 0 Å². The van der Waals surface area contributed by atoms with Crippen LogP contribution < -0.4 is 4.72 Å². The molecule has 6 nitrogen and oxygen atoms in total. The molecule has 2 aromatic rings. The minimum absolute atomic E-state index is 0.240. The van der Waals surface area contributed by atoms with E-state index >= 15 is 0 Å². The van der Waals surface area contributed by atoms with Crippen LogP contribution >= 0.6 is 0 Å². The first-order chi connectivity index (χ1) is 10.1. The molecular formula is C14H17N3O3S. The van der Waals surface area contributed by atoms with Crippen LogP contribution in [0.4, 0.5) is 0 Å². The Balaban J connectivity index is 1.63. The van der Waals surface area contributed by atoms with Crippen molar-refractivity contribution >= 4 is 10.2 Å². The summed E-state index contributed by atoms with van der Waals surface area (Å²) in [4.78, 5) is 4.28. The molecule has 0 unspecified atom stereocenters. The van der Waals surface area contributed by atoms with Crippen molar-refractivity contribution in [1.82, 2.24) is 14.0 Å². The highest BCUT2D eigenvalue weighted by Gasteiger charge is 2.24. The van der Waals surface area contributed by atoms with E-state index in [0.29, 0.717) is 18.8 Å². The van der Waals surface area contributed by atoms with Crippen LogP contribution in [0, 0.1) is 0 Å². The van der Waals surface area contributed by atoms with Gasteiger partial charge in [-0.2, -0.15) is 17.4 Å². The second-order valence-electron chi connectivity index (χ2n) is 4.96. The van der Waals surface area contributed by atoms with Gasteiger partial charge in [-0.25, -0.2) is 0 Å². The van der Waals surface area contributed by atoms with Crippen molar-refractivity contribution in [2.24, 2.45) is 0 Å². The van der Waals surface area contributed by atoms with Gasteiger partial charge in [0.25, 0.3) is 10.2 Å². The number of rotatable bonds is 5. The van der Waals surface area contributed by atoms with Crippen molar-refractivity contribution in [2.75, 3.05) is 13.1 Å². The first-order valence-corrected chi connectivity index (χ1v) is 8.33. The van der Waals surface area contributed by atoms with Crippen molar-refractivity contribution in [3.8, 4) is 11.5 Å². The summed E-state index contributed by atoms with van der Waals surface area (Å²) < 4.78 is 33.4. The van der Waals surface area contributed by atoms with E-state index in [1.807, 2.05) is 18.2 Å². The highest BCUT2D eigenvalue weighted by molar-refractivity contribution is 7.87. The number of hydrogen-bond acceptors (Lipinski definition) is 4. The average molecular weight is 307 g/mol. The summed E-state index contributed by atoms with van der Waals surface area (Å²) in [6.45, 7) is 1.44. The summed E-state index contributed by atoms with van der Waals surface area (Å²) in [6.07, 6.45) is 5.11. The molecule has 21 heavy (non-hydrogen) atoms. The van der Waals surface area contributed by atoms with Gasteiger partial charge < -0.3 is 4.42 Å². The van der Waals surface area contributed by atoms with Gasteiger partial charge in [0.15, 0.2) is 5.76 Å². The molecule has 1 fully saturated rings. The topological polar surface area (TPSA) is 75.4 Å². The van der Waals surface area contributed by atoms with Crippen LogP contribution in [-0.2, 0) is 16.8 Å². The molecule has 0 bridgehead atoms. The molecule has 1 aliphatic rings. The molecule has 0 aromatic carbocycles. The normalized spacial score (nSPS) is 16.4. The molecule has 1 aliphatic heterocycles. The molecule has 7 heteroatoms. The van der Waals surface area contributed by atoms with Gasteiger partial charge in [0, 0.05) is 25.8 Å². The fraction of sp³-hybridized carbons (Fsp3) is 0.357. The lowest BCUT2D eigenvalue weighted by Crippen LogP contribution is -2.38. The first kappa shape index (κ1) is 14.2. The first-order valence-electron chi connectivity index (χ1n) is 6.89. The maximum absolute atomic E-state index is 12.0. The molecule has 1 saturated heterocycles. The number of hydrogen-bond donors (Lipinski definition) is 1. The lowest BCUT2D eigenvalue weighted by molar-refractivity contribution is 0.464. The Labute approximate surface area is 124 Å². The summed E-state index contributed by atoms with van der Waals surface area (Å²) in [5.74, 6) is 0.694. The molecule has 112 valence electrons. The highest BCUT2D eigenvalue weighted by atomic mass is 32.2. The zero-order valence-electron chi connectivity index (χ0n) is 11.5. The van der Waals surface area contributed by atoms with E-state index in [0.717, 1.165) is 24.1 Å². The van der Waals surface area contributed by atoms with Gasteiger partial charge >= 0.3 is 0 Å². The monoisotopic (exact) mass is 307 g/mol. The quantitative estimate of drug-likeness (QED) is 0.913. The zero-order valence-corrected chi connectivity index (χ0v) is 12.3. The Kier molecular flexibility index (Phi) is 4.05. The number of nitrogens with zero attached hydrogens (tertiary/aromatic N) is 2. The fourth-order valence-electron chi connectivity index (χ4n) is 2.29. The second-order valence-corrected chi connectivity index (χ2v) is 6.72. The van der Waals surface area contributed by atoms with E-state index in [9.17, 15) is 8.42 Å². The van der Waals surface area contributed by atoms with E-state index in [1.165, 1.54) is 4.31 Å². The SMILES string of the molecule is O=S(=O)(NCc1ccc(-c2ccco2)nc1)N1CCCC1. The maximum atomic E-state index is 12.0. The third-order valence-corrected chi connectivity index (χ3v) is 5.02. The third kappa shape index (κ3) is 3.31. The average Bonchev–Trinajstić information content (AvgIpc) is 3.19. The van der Waals surface area contributed by atoms with Crippen LogP contribution in [0.2, 0.25) is 0 Å². The molecule has 0 aliphatic carbocycles. The zero-order chi connectivity index (χ0) is 14.7. The van der Waals surface area contributed by atoms with E-state index in [4.69, 9.17) is 4.42 Å². The van der Waals surface area contributed by atoms with E-state index in [-0.39, 0.29) is 6.54 Å². The fourth-order valence-corrected chi connectivity index (χ4v) is 3.56. The predicted molar refractivity (Wildman–Crippen MR) is 78.5 cm³/mol. The Morgan fingerprint density at radius 2 is 2.05 bits per heavy atom. The van der Waals surface area contributed by atoms with Gasteiger partial charge in [-0.15, -0.1) is 0 Å². The van der Waals surface area contributed by atoms with E-state index in [1.54, 1.807) is 18.5 Å². The van der Waals surface area contributed by atoms with Crippen molar-refractivity contribution < 1.29 is 12.8 Å². The van der Waals surface area contributed by atoms with Crippen LogP contribution in [0.25, 0.3) is 11.5 Å². The van der Waals surface area contributed by atoms with Crippen molar-refractivity contribution in [3.05, 3.63) is 42.3 Å². The number of nitrogens with one attached hydrogen (secondary N) is 1. The second kappa shape index (κ2) is 5.97. The summed E-state index contributed by atoms with van der Waals surface area (Å²) in [5.41, 5.74) is 1.54. The van der Waals surface area contributed by atoms with Gasteiger partial charge in [-0.1, -0.05) is 6.07 Å². The molecule has 0 atom stereocenters.